The van der Waals surface area contributed by atoms with Crippen molar-refractivity contribution in [1.29, 1.82) is 5.26 Å². The van der Waals surface area contributed by atoms with E-state index in [2.05, 4.69) is 5.32 Å². The van der Waals surface area contributed by atoms with Crippen molar-refractivity contribution in [1.82, 2.24) is 5.32 Å². The van der Waals surface area contributed by atoms with Crippen molar-refractivity contribution in [3.8, 4) is 11.8 Å². The molecular weight excluding hydrogens is 246 g/mol. The Labute approximate surface area is 112 Å². The standard InChI is InChI=1S/C13H17N3O3/c1-9(13(17)16-5-6-18-2)19-12-4-3-11(15)7-10(12)8-14/h3-4,7,9H,5-6,15H2,1-2H3,(H,16,17). The van der Waals surface area contributed by atoms with Crippen LogP contribution in [0.4, 0.5) is 5.69 Å². The van der Waals surface area contributed by atoms with Gasteiger partial charge in [0.25, 0.3) is 5.91 Å². The summed E-state index contributed by atoms with van der Waals surface area (Å²) in [5.74, 6) is 0.0730. The van der Waals surface area contributed by atoms with Gasteiger partial charge in [-0.15, -0.1) is 0 Å². The Morgan fingerprint density at radius 3 is 2.95 bits per heavy atom. The predicted octanol–water partition coefficient (Wildman–Crippen LogP) is 0.670. The van der Waals surface area contributed by atoms with Crippen LogP contribution >= 0.6 is 0 Å². The lowest BCUT2D eigenvalue weighted by atomic mass is 10.2. The molecule has 3 N–H and O–H groups in total. The molecule has 0 aliphatic rings. The molecule has 1 atom stereocenters. The minimum atomic E-state index is -0.701. The van der Waals surface area contributed by atoms with Crippen molar-refractivity contribution < 1.29 is 14.3 Å². The topological polar surface area (TPSA) is 97.4 Å². The van der Waals surface area contributed by atoms with Gasteiger partial charge in [0.05, 0.1) is 12.2 Å². The molecule has 0 spiro atoms. The fourth-order valence-corrected chi connectivity index (χ4v) is 1.40. The maximum absolute atomic E-state index is 11.7. The summed E-state index contributed by atoms with van der Waals surface area (Å²) in [5, 5.41) is 11.6. The van der Waals surface area contributed by atoms with Gasteiger partial charge >= 0.3 is 0 Å². The van der Waals surface area contributed by atoms with Crippen LogP contribution in [0.15, 0.2) is 18.2 Å². The Balaban J connectivity index is 2.64. The number of methoxy groups -OCH3 is 1. The molecule has 6 nitrogen and oxygen atoms in total. The molecule has 0 radical (unpaired) electrons. The number of hydrogen-bond donors (Lipinski definition) is 2. The number of nitrogen functional groups attached to an aromatic ring is 1. The molecular formula is C13H17N3O3. The zero-order valence-electron chi connectivity index (χ0n) is 11.0. The van der Waals surface area contributed by atoms with Crippen molar-refractivity contribution >= 4 is 11.6 Å². The van der Waals surface area contributed by atoms with Crippen molar-refractivity contribution in [3.05, 3.63) is 23.8 Å². The monoisotopic (exact) mass is 263 g/mol. The van der Waals surface area contributed by atoms with Crippen LogP contribution < -0.4 is 15.8 Å². The average Bonchev–Trinajstić information content (AvgIpc) is 2.40. The van der Waals surface area contributed by atoms with E-state index in [1.807, 2.05) is 6.07 Å². The second kappa shape index (κ2) is 7.24. The zero-order chi connectivity index (χ0) is 14.3. The van der Waals surface area contributed by atoms with E-state index in [1.54, 1.807) is 26.2 Å². The molecule has 0 fully saturated rings. The quantitative estimate of drug-likeness (QED) is 0.580. The van der Waals surface area contributed by atoms with E-state index in [0.29, 0.717) is 30.2 Å². The van der Waals surface area contributed by atoms with Crippen LogP contribution in [0.25, 0.3) is 0 Å². The van der Waals surface area contributed by atoms with Gasteiger partial charge in [-0.2, -0.15) is 5.26 Å². The number of anilines is 1. The van der Waals surface area contributed by atoms with E-state index in [9.17, 15) is 4.79 Å². The molecule has 1 aromatic carbocycles. The van der Waals surface area contributed by atoms with E-state index >= 15 is 0 Å². The van der Waals surface area contributed by atoms with E-state index in [-0.39, 0.29) is 5.91 Å². The smallest absolute Gasteiger partial charge is 0.260 e. The molecule has 0 heterocycles. The summed E-state index contributed by atoms with van der Waals surface area (Å²) in [7, 11) is 1.56. The molecule has 19 heavy (non-hydrogen) atoms. The molecule has 1 rings (SSSR count). The van der Waals surface area contributed by atoms with Gasteiger partial charge in [0.15, 0.2) is 6.10 Å². The fourth-order valence-electron chi connectivity index (χ4n) is 1.40. The lowest BCUT2D eigenvalue weighted by Crippen LogP contribution is -2.38. The maximum atomic E-state index is 11.7. The Kier molecular flexibility index (Phi) is 5.64. The Morgan fingerprint density at radius 2 is 2.32 bits per heavy atom. The highest BCUT2D eigenvalue weighted by Gasteiger charge is 2.15. The number of nitriles is 1. The molecule has 1 amide bonds. The second-order valence-corrected chi connectivity index (χ2v) is 3.91. The molecule has 102 valence electrons. The summed E-state index contributed by atoms with van der Waals surface area (Å²) in [6.07, 6.45) is -0.701. The van der Waals surface area contributed by atoms with Gasteiger partial charge < -0.3 is 20.5 Å². The number of hydrogen-bond acceptors (Lipinski definition) is 5. The number of benzene rings is 1. The molecule has 0 aliphatic carbocycles. The molecule has 1 unspecified atom stereocenters. The Morgan fingerprint density at radius 1 is 1.58 bits per heavy atom. The normalized spacial score (nSPS) is 11.4. The molecule has 0 aliphatic heterocycles. The Hall–Kier alpha value is -2.26. The highest BCUT2D eigenvalue weighted by molar-refractivity contribution is 5.80. The molecule has 0 saturated carbocycles. The van der Waals surface area contributed by atoms with Gasteiger partial charge in [-0.05, 0) is 25.1 Å². The van der Waals surface area contributed by atoms with Crippen LogP contribution in [0.3, 0.4) is 0 Å². The van der Waals surface area contributed by atoms with Crippen LogP contribution in [0.1, 0.15) is 12.5 Å². The van der Waals surface area contributed by atoms with Crippen LogP contribution in [0.2, 0.25) is 0 Å². The van der Waals surface area contributed by atoms with Crippen molar-refractivity contribution in [2.75, 3.05) is 26.0 Å². The third kappa shape index (κ3) is 4.48. The van der Waals surface area contributed by atoms with Gasteiger partial charge in [-0.1, -0.05) is 0 Å². The van der Waals surface area contributed by atoms with Gasteiger partial charge in [-0.3, -0.25) is 4.79 Å². The summed E-state index contributed by atoms with van der Waals surface area (Å²) < 4.78 is 10.3. The lowest BCUT2D eigenvalue weighted by molar-refractivity contribution is -0.127. The maximum Gasteiger partial charge on any atom is 0.260 e. The predicted molar refractivity (Wildman–Crippen MR) is 70.5 cm³/mol. The fraction of sp³-hybridized carbons (Fsp3) is 0.385. The minimum Gasteiger partial charge on any atom is -0.480 e. The van der Waals surface area contributed by atoms with Crippen molar-refractivity contribution in [2.45, 2.75) is 13.0 Å². The summed E-state index contributed by atoms with van der Waals surface area (Å²) >= 11 is 0. The van der Waals surface area contributed by atoms with E-state index in [4.69, 9.17) is 20.5 Å². The highest BCUT2D eigenvalue weighted by Crippen LogP contribution is 2.21. The summed E-state index contributed by atoms with van der Waals surface area (Å²) in [6.45, 7) is 2.46. The first-order valence-corrected chi connectivity index (χ1v) is 5.81. The van der Waals surface area contributed by atoms with E-state index in [0.717, 1.165) is 0 Å². The summed E-state index contributed by atoms with van der Waals surface area (Å²) in [6, 6.07) is 6.67. The first kappa shape index (κ1) is 14.8. The van der Waals surface area contributed by atoms with Crippen LogP contribution in [0, 0.1) is 11.3 Å². The number of nitrogens with one attached hydrogen (secondary N) is 1. The molecule has 0 aromatic heterocycles. The largest absolute Gasteiger partial charge is 0.480 e. The molecule has 6 heteroatoms. The van der Waals surface area contributed by atoms with Crippen molar-refractivity contribution in [2.24, 2.45) is 0 Å². The summed E-state index contributed by atoms with van der Waals surface area (Å²) in [4.78, 5) is 11.7. The first-order chi connectivity index (χ1) is 9.08. The third-order valence-corrected chi connectivity index (χ3v) is 2.40. The highest BCUT2D eigenvalue weighted by atomic mass is 16.5. The number of carbonyl (C=O) groups is 1. The molecule has 0 saturated heterocycles. The van der Waals surface area contributed by atoms with Crippen molar-refractivity contribution in [3.63, 3.8) is 0 Å². The van der Waals surface area contributed by atoms with Crippen LogP contribution in [-0.4, -0.2) is 32.3 Å². The number of nitrogens with zero attached hydrogens (tertiary/aromatic N) is 1. The number of amides is 1. The summed E-state index contributed by atoms with van der Waals surface area (Å²) in [5.41, 5.74) is 6.35. The molecule has 1 aromatic rings. The Bertz CT molecular complexity index is 483. The third-order valence-electron chi connectivity index (χ3n) is 2.40. The second-order valence-electron chi connectivity index (χ2n) is 3.91. The average molecular weight is 263 g/mol. The lowest BCUT2D eigenvalue weighted by Gasteiger charge is -2.15. The first-order valence-electron chi connectivity index (χ1n) is 5.81. The number of rotatable bonds is 6. The minimum absolute atomic E-state index is 0.266. The van der Waals surface area contributed by atoms with Gasteiger partial charge in [0, 0.05) is 19.3 Å². The van der Waals surface area contributed by atoms with E-state index in [1.165, 1.54) is 6.07 Å². The van der Waals surface area contributed by atoms with Gasteiger partial charge in [0.1, 0.15) is 11.8 Å². The van der Waals surface area contributed by atoms with E-state index < -0.39 is 6.10 Å². The SMILES string of the molecule is COCCNC(=O)C(C)Oc1ccc(N)cc1C#N. The number of nitrogens with two attached hydrogens (primary N) is 1. The van der Waals surface area contributed by atoms with Crippen LogP contribution in [0.5, 0.6) is 5.75 Å². The molecule has 0 bridgehead atoms. The number of carbonyl (C=O) groups excluding carboxylic acids is 1. The number of ether oxygens (including phenoxy) is 2. The van der Waals surface area contributed by atoms with Gasteiger partial charge in [-0.25, -0.2) is 0 Å². The zero-order valence-corrected chi connectivity index (χ0v) is 11.0. The van der Waals surface area contributed by atoms with Crippen LogP contribution in [-0.2, 0) is 9.53 Å². The van der Waals surface area contributed by atoms with Gasteiger partial charge in [0.2, 0.25) is 0 Å².